The van der Waals surface area contributed by atoms with Crippen LogP contribution in [0, 0.1) is 0 Å². The second-order valence-corrected chi connectivity index (χ2v) is 16.2. The van der Waals surface area contributed by atoms with Crippen molar-refractivity contribution in [1.82, 2.24) is 0 Å². The molecular weight excluding hydrogens is 392 g/mol. The summed E-state index contributed by atoms with van der Waals surface area (Å²) in [4.78, 5) is 0. The van der Waals surface area contributed by atoms with E-state index in [9.17, 15) is 8.42 Å². The normalized spacial score (nSPS) is 23.7. The van der Waals surface area contributed by atoms with Gasteiger partial charge < -0.3 is 9.16 Å². The molecular formula is C21H44O5SSi. The summed E-state index contributed by atoms with van der Waals surface area (Å²) in [7, 11) is -5.40. The van der Waals surface area contributed by atoms with Gasteiger partial charge >= 0.3 is 0 Å². The van der Waals surface area contributed by atoms with Crippen LogP contribution in [0.25, 0.3) is 0 Å². The van der Waals surface area contributed by atoms with Crippen LogP contribution >= 0.6 is 0 Å². The Kier molecular flexibility index (Phi) is 10.1. The predicted octanol–water partition coefficient (Wildman–Crippen LogP) is 5.65. The molecule has 1 saturated heterocycles. The maximum absolute atomic E-state index is 11.7. The van der Waals surface area contributed by atoms with Crippen LogP contribution in [0.15, 0.2) is 0 Å². The quantitative estimate of drug-likeness (QED) is 0.292. The van der Waals surface area contributed by atoms with E-state index in [-0.39, 0.29) is 29.5 Å². The summed E-state index contributed by atoms with van der Waals surface area (Å²) in [5.41, 5.74) is 0. The predicted molar refractivity (Wildman–Crippen MR) is 119 cm³/mol. The molecule has 168 valence electrons. The van der Waals surface area contributed by atoms with E-state index < -0.39 is 18.4 Å². The van der Waals surface area contributed by atoms with E-state index in [1.54, 1.807) is 0 Å². The standard InChI is InChI=1S/C21H44O5SSi/c1-9-11-13-19(25-27(6,22)23)17-15-16-18(24-17)20(14-12-10-2)26-28(7,8)21(3,4)5/h17-20H,9-16H2,1-8H3/t17-,18+,19-,20-/m0/s1. The third kappa shape index (κ3) is 8.42. The Morgan fingerprint density at radius 3 is 1.89 bits per heavy atom. The van der Waals surface area contributed by atoms with Gasteiger partial charge in [-0.15, -0.1) is 0 Å². The SMILES string of the molecule is CCCC[C@H](OS(C)(=O)=O)[C@@H]1CC[C@H]([C@H](CCCC)O[Si](C)(C)C(C)(C)C)O1. The molecule has 5 nitrogen and oxygen atoms in total. The van der Waals surface area contributed by atoms with E-state index in [0.29, 0.717) is 6.42 Å². The Morgan fingerprint density at radius 2 is 1.46 bits per heavy atom. The van der Waals surface area contributed by atoms with Crippen molar-refractivity contribution >= 4 is 18.4 Å². The number of hydrogen-bond acceptors (Lipinski definition) is 5. The largest absolute Gasteiger partial charge is 0.411 e. The lowest BCUT2D eigenvalue weighted by Gasteiger charge is -2.41. The first-order chi connectivity index (χ1) is 12.8. The van der Waals surface area contributed by atoms with E-state index in [2.05, 4.69) is 47.7 Å². The van der Waals surface area contributed by atoms with E-state index in [4.69, 9.17) is 13.3 Å². The van der Waals surface area contributed by atoms with E-state index in [0.717, 1.165) is 51.2 Å². The summed E-state index contributed by atoms with van der Waals surface area (Å²) in [5.74, 6) is 0. The number of unbranched alkanes of at least 4 members (excludes halogenated alkanes) is 2. The van der Waals surface area contributed by atoms with Crippen molar-refractivity contribution in [3.8, 4) is 0 Å². The molecule has 4 atom stereocenters. The Bertz CT molecular complexity index is 556. The van der Waals surface area contributed by atoms with E-state index >= 15 is 0 Å². The fourth-order valence-electron chi connectivity index (χ4n) is 3.44. The van der Waals surface area contributed by atoms with Crippen LogP contribution in [0.4, 0.5) is 0 Å². The van der Waals surface area contributed by atoms with Gasteiger partial charge in [-0.05, 0) is 43.8 Å². The van der Waals surface area contributed by atoms with Gasteiger partial charge in [0.05, 0.1) is 24.6 Å². The van der Waals surface area contributed by atoms with Crippen molar-refractivity contribution in [3.63, 3.8) is 0 Å². The summed E-state index contributed by atoms with van der Waals surface area (Å²) in [6.45, 7) is 15.6. The van der Waals surface area contributed by atoms with Gasteiger partial charge in [0, 0.05) is 0 Å². The van der Waals surface area contributed by atoms with Crippen molar-refractivity contribution in [3.05, 3.63) is 0 Å². The van der Waals surface area contributed by atoms with Crippen LogP contribution < -0.4 is 0 Å². The molecule has 0 radical (unpaired) electrons. The van der Waals surface area contributed by atoms with Crippen LogP contribution in [-0.2, 0) is 23.5 Å². The molecule has 0 amide bonds. The monoisotopic (exact) mass is 436 g/mol. The summed E-state index contributed by atoms with van der Waals surface area (Å²) < 4.78 is 42.0. The van der Waals surface area contributed by atoms with Crippen LogP contribution in [0.5, 0.6) is 0 Å². The molecule has 0 unspecified atom stereocenters. The molecule has 0 spiro atoms. The van der Waals surface area contributed by atoms with Crippen molar-refractivity contribution < 1.29 is 21.8 Å². The van der Waals surface area contributed by atoms with Crippen molar-refractivity contribution in [2.75, 3.05) is 6.26 Å². The Morgan fingerprint density at radius 1 is 1.00 bits per heavy atom. The highest BCUT2D eigenvalue weighted by atomic mass is 32.2. The van der Waals surface area contributed by atoms with Gasteiger partial charge in [0.25, 0.3) is 10.1 Å². The molecule has 0 aromatic heterocycles. The zero-order valence-electron chi connectivity index (χ0n) is 19.4. The maximum Gasteiger partial charge on any atom is 0.264 e. The molecule has 0 aromatic rings. The molecule has 1 rings (SSSR count). The van der Waals surface area contributed by atoms with Crippen molar-refractivity contribution in [1.29, 1.82) is 0 Å². The Balaban J connectivity index is 2.88. The van der Waals surface area contributed by atoms with Crippen LogP contribution in [0.3, 0.4) is 0 Å². The zero-order chi connectivity index (χ0) is 21.6. The number of ether oxygens (including phenoxy) is 1. The van der Waals surface area contributed by atoms with Crippen molar-refractivity contribution in [2.24, 2.45) is 0 Å². The van der Waals surface area contributed by atoms with E-state index in [1.807, 2.05) is 0 Å². The highest BCUT2D eigenvalue weighted by molar-refractivity contribution is 7.86. The van der Waals surface area contributed by atoms with Crippen LogP contribution in [0.2, 0.25) is 18.1 Å². The molecule has 1 heterocycles. The first kappa shape index (κ1) is 26.1. The zero-order valence-corrected chi connectivity index (χ0v) is 21.2. The van der Waals surface area contributed by atoms with Gasteiger partial charge in [-0.1, -0.05) is 60.3 Å². The minimum absolute atomic E-state index is 0.0259. The van der Waals surface area contributed by atoms with Gasteiger partial charge in [-0.2, -0.15) is 8.42 Å². The van der Waals surface area contributed by atoms with Gasteiger partial charge in [-0.3, -0.25) is 4.18 Å². The van der Waals surface area contributed by atoms with Crippen LogP contribution in [0.1, 0.15) is 86.0 Å². The first-order valence-electron chi connectivity index (χ1n) is 11.0. The lowest BCUT2D eigenvalue weighted by atomic mass is 10.0. The molecule has 1 aliphatic rings. The molecule has 1 fully saturated rings. The highest BCUT2D eigenvalue weighted by Crippen LogP contribution is 2.40. The molecule has 0 bridgehead atoms. The minimum Gasteiger partial charge on any atom is -0.411 e. The van der Waals surface area contributed by atoms with E-state index in [1.165, 1.54) is 0 Å². The summed E-state index contributed by atoms with van der Waals surface area (Å²) in [6, 6.07) is 0. The van der Waals surface area contributed by atoms with Crippen molar-refractivity contribution in [2.45, 2.75) is 129 Å². The second kappa shape index (κ2) is 10.9. The van der Waals surface area contributed by atoms with Gasteiger partial charge in [0.15, 0.2) is 8.32 Å². The minimum atomic E-state index is -3.50. The Hall–Kier alpha value is 0.0469. The fourth-order valence-corrected chi connectivity index (χ4v) is 5.49. The molecule has 0 aromatic carbocycles. The molecule has 0 saturated carbocycles. The molecule has 28 heavy (non-hydrogen) atoms. The summed E-state index contributed by atoms with van der Waals surface area (Å²) in [6.07, 6.45) is 8.30. The lowest BCUT2D eigenvalue weighted by Crippen LogP contribution is -2.47. The average Bonchev–Trinajstić information content (AvgIpc) is 3.03. The average molecular weight is 437 g/mol. The lowest BCUT2D eigenvalue weighted by molar-refractivity contribution is -0.0671. The van der Waals surface area contributed by atoms with Gasteiger partial charge in [0.2, 0.25) is 0 Å². The smallest absolute Gasteiger partial charge is 0.264 e. The highest BCUT2D eigenvalue weighted by Gasteiger charge is 2.43. The second-order valence-electron chi connectivity index (χ2n) is 9.83. The topological polar surface area (TPSA) is 61.8 Å². The molecule has 7 heteroatoms. The molecule has 0 N–H and O–H groups in total. The molecule has 1 aliphatic heterocycles. The number of rotatable bonds is 12. The summed E-state index contributed by atoms with van der Waals surface area (Å²) in [5, 5.41) is 0.151. The Labute approximate surface area is 175 Å². The number of hydrogen-bond donors (Lipinski definition) is 0. The molecule has 0 aliphatic carbocycles. The third-order valence-corrected chi connectivity index (χ3v) is 11.3. The maximum atomic E-state index is 11.7. The third-order valence-electron chi connectivity index (χ3n) is 6.15. The van der Waals surface area contributed by atoms with Gasteiger partial charge in [0.1, 0.15) is 6.10 Å². The van der Waals surface area contributed by atoms with Gasteiger partial charge in [-0.25, -0.2) is 0 Å². The fraction of sp³-hybridized carbons (Fsp3) is 1.00. The van der Waals surface area contributed by atoms with Crippen LogP contribution in [-0.4, -0.2) is 47.4 Å². The summed E-state index contributed by atoms with van der Waals surface area (Å²) >= 11 is 0. The first-order valence-corrected chi connectivity index (χ1v) is 15.7.